The first-order chi connectivity index (χ1) is 13.2. The van der Waals surface area contributed by atoms with Crippen LogP contribution in [0.15, 0.2) is 29.8 Å². The molecule has 1 aliphatic rings. The fraction of sp³-hybridized carbons (Fsp3) is 0.421. The van der Waals surface area contributed by atoms with Crippen molar-refractivity contribution in [3.63, 3.8) is 0 Å². The number of piperidine rings is 1. The molecule has 1 amide bonds. The van der Waals surface area contributed by atoms with Crippen molar-refractivity contribution < 1.29 is 9.53 Å². The number of hydrogen-bond donors (Lipinski definition) is 1. The van der Waals surface area contributed by atoms with E-state index in [4.69, 9.17) is 4.74 Å². The van der Waals surface area contributed by atoms with Gasteiger partial charge in [-0.1, -0.05) is 0 Å². The molecule has 1 atom stereocenters. The van der Waals surface area contributed by atoms with Crippen molar-refractivity contribution in [2.45, 2.75) is 12.8 Å². The lowest BCUT2D eigenvalue weighted by Gasteiger charge is -2.32. The highest BCUT2D eigenvalue weighted by Gasteiger charge is 2.22. The number of nitrogens with one attached hydrogen (secondary N) is 1. The number of carbonyl (C=O) groups excluding carboxylic acids is 1. The number of benzene rings is 1. The zero-order valence-electron chi connectivity index (χ0n) is 15.5. The van der Waals surface area contributed by atoms with Crippen LogP contribution in [0.2, 0.25) is 0 Å². The van der Waals surface area contributed by atoms with Gasteiger partial charge in [-0.15, -0.1) is 11.3 Å². The molecule has 4 rings (SSSR count). The van der Waals surface area contributed by atoms with Crippen LogP contribution in [0.1, 0.15) is 23.2 Å². The highest BCUT2D eigenvalue weighted by atomic mass is 32.1. The van der Waals surface area contributed by atoms with Gasteiger partial charge in [-0.05, 0) is 37.0 Å². The van der Waals surface area contributed by atoms with Crippen molar-refractivity contribution in [2.24, 2.45) is 13.0 Å². The van der Waals surface area contributed by atoms with Gasteiger partial charge in [0.25, 0.3) is 5.91 Å². The summed E-state index contributed by atoms with van der Waals surface area (Å²) < 4.78 is 7.04. The van der Waals surface area contributed by atoms with Crippen molar-refractivity contribution >= 4 is 33.3 Å². The molecule has 0 unspecified atom stereocenters. The molecule has 1 aromatic carbocycles. The number of carbonyl (C=O) groups is 1. The standard InChI is InChI=1S/C19H23N5O2S/c1-23-18(26-2)15-6-5-14(10-16(15)22-23)17(25)21-11-13-4-3-8-24(12-13)19-20-7-9-27-19/h5-7,9-10,13H,3-4,8,11-12H2,1-2H3,(H,21,25)/t13-/m0/s1. The molecule has 3 heterocycles. The second kappa shape index (κ2) is 7.56. The lowest BCUT2D eigenvalue weighted by atomic mass is 9.98. The second-order valence-electron chi connectivity index (χ2n) is 6.84. The van der Waals surface area contributed by atoms with Gasteiger partial charge in [-0.3, -0.25) is 4.79 Å². The van der Waals surface area contributed by atoms with E-state index in [0.29, 0.717) is 23.9 Å². The highest BCUT2D eigenvalue weighted by Crippen LogP contribution is 2.26. The first-order valence-electron chi connectivity index (χ1n) is 9.09. The molecule has 0 radical (unpaired) electrons. The number of fused-ring (bicyclic) bond motifs is 1. The van der Waals surface area contributed by atoms with E-state index >= 15 is 0 Å². The monoisotopic (exact) mass is 385 g/mol. The maximum Gasteiger partial charge on any atom is 0.251 e. The molecule has 0 aliphatic carbocycles. The van der Waals surface area contributed by atoms with Crippen molar-refractivity contribution in [1.29, 1.82) is 0 Å². The number of thiazole rings is 1. The van der Waals surface area contributed by atoms with Gasteiger partial charge < -0.3 is 15.0 Å². The van der Waals surface area contributed by atoms with Crippen molar-refractivity contribution in [3.05, 3.63) is 35.3 Å². The third-order valence-corrected chi connectivity index (χ3v) is 5.83. The summed E-state index contributed by atoms with van der Waals surface area (Å²) in [6.45, 7) is 2.64. The SMILES string of the molecule is COc1c2ccc(C(=O)NC[C@@H]3CCCN(c4nccs4)C3)cc2nn1C. The van der Waals surface area contributed by atoms with Crippen molar-refractivity contribution in [3.8, 4) is 5.88 Å². The minimum absolute atomic E-state index is 0.0621. The number of aryl methyl sites for hydroxylation is 1. The molecule has 142 valence electrons. The quantitative estimate of drug-likeness (QED) is 0.731. The fourth-order valence-corrected chi connectivity index (χ4v) is 4.36. The lowest BCUT2D eigenvalue weighted by Crippen LogP contribution is -2.41. The van der Waals surface area contributed by atoms with Crippen LogP contribution in [0.4, 0.5) is 5.13 Å². The Morgan fingerprint density at radius 2 is 2.33 bits per heavy atom. The average Bonchev–Trinajstić information content (AvgIpc) is 3.32. The number of methoxy groups -OCH3 is 1. The van der Waals surface area contributed by atoms with Gasteiger partial charge >= 0.3 is 0 Å². The number of nitrogens with zero attached hydrogens (tertiary/aromatic N) is 4. The summed E-state index contributed by atoms with van der Waals surface area (Å²) in [5.74, 6) is 1.07. The lowest BCUT2D eigenvalue weighted by molar-refractivity contribution is 0.0946. The third-order valence-electron chi connectivity index (χ3n) is 5.00. The predicted octanol–water partition coefficient (Wildman–Crippen LogP) is 2.68. The smallest absolute Gasteiger partial charge is 0.251 e. The number of rotatable bonds is 5. The van der Waals surface area contributed by atoms with E-state index < -0.39 is 0 Å². The van der Waals surface area contributed by atoms with Gasteiger partial charge in [0.1, 0.15) is 0 Å². The molecule has 1 aliphatic heterocycles. The summed E-state index contributed by atoms with van der Waals surface area (Å²) >= 11 is 1.67. The molecule has 1 N–H and O–H groups in total. The minimum atomic E-state index is -0.0621. The van der Waals surface area contributed by atoms with E-state index in [1.165, 1.54) is 0 Å². The maximum absolute atomic E-state index is 12.6. The highest BCUT2D eigenvalue weighted by molar-refractivity contribution is 7.13. The Bertz CT molecular complexity index is 937. The summed E-state index contributed by atoms with van der Waals surface area (Å²) in [6, 6.07) is 5.53. The first kappa shape index (κ1) is 17.8. The topological polar surface area (TPSA) is 72.3 Å². The van der Waals surface area contributed by atoms with Crippen LogP contribution in [0.25, 0.3) is 10.9 Å². The number of amides is 1. The minimum Gasteiger partial charge on any atom is -0.481 e. The molecule has 0 bridgehead atoms. The van der Waals surface area contributed by atoms with Crippen molar-refractivity contribution in [2.75, 3.05) is 31.6 Å². The van der Waals surface area contributed by atoms with E-state index in [0.717, 1.165) is 42.0 Å². The summed E-state index contributed by atoms with van der Waals surface area (Å²) in [7, 11) is 3.45. The molecule has 27 heavy (non-hydrogen) atoms. The molecule has 0 saturated carbocycles. The van der Waals surface area contributed by atoms with Crippen LogP contribution in [-0.4, -0.2) is 47.4 Å². The molecular weight excluding hydrogens is 362 g/mol. The molecule has 2 aromatic heterocycles. The molecular formula is C19H23N5O2S. The molecule has 1 saturated heterocycles. The largest absolute Gasteiger partial charge is 0.481 e. The maximum atomic E-state index is 12.6. The Balaban J connectivity index is 1.39. The van der Waals surface area contributed by atoms with E-state index in [9.17, 15) is 4.79 Å². The molecule has 3 aromatic rings. The number of ether oxygens (including phenoxy) is 1. The van der Waals surface area contributed by atoms with E-state index in [2.05, 4.69) is 20.3 Å². The van der Waals surface area contributed by atoms with Gasteiger partial charge in [-0.2, -0.15) is 5.10 Å². The van der Waals surface area contributed by atoms with Gasteiger partial charge in [0.05, 0.1) is 18.0 Å². The normalized spacial score (nSPS) is 17.3. The zero-order valence-corrected chi connectivity index (χ0v) is 16.3. The molecule has 0 spiro atoms. The predicted molar refractivity (Wildman–Crippen MR) is 107 cm³/mol. The van der Waals surface area contributed by atoms with E-state index in [1.807, 2.05) is 36.8 Å². The second-order valence-corrected chi connectivity index (χ2v) is 7.72. The molecule has 1 fully saturated rings. The first-order valence-corrected chi connectivity index (χ1v) is 9.97. The van der Waals surface area contributed by atoms with Gasteiger partial charge in [0, 0.05) is 43.8 Å². The van der Waals surface area contributed by atoms with Gasteiger partial charge in [0.15, 0.2) is 5.13 Å². The Morgan fingerprint density at radius 1 is 1.44 bits per heavy atom. The Kier molecular flexibility index (Phi) is 4.98. The van der Waals surface area contributed by atoms with Crippen LogP contribution in [0.5, 0.6) is 5.88 Å². The average molecular weight is 385 g/mol. The number of aromatic nitrogens is 3. The summed E-state index contributed by atoms with van der Waals surface area (Å²) in [5.41, 5.74) is 1.38. The van der Waals surface area contributed by atoms with Crippen LogP contribution >= 0.6 is 11.3 Å². The zero-order chi connectivity index (χ0) is 18.8. The van der Waals surface area contributed by atoms with Crippen LogP contribution in [0, 0.1) is 5.92 Å². The van der Waals surface area contributed by atoms with Crippen LogP contribution < -0.4 is 15.0 Å². The van der Waals surface area contributed by atoms with Gasteiger partial charge in [0.2, 0.25) is 5.88 Å². The Morgan fingerprint density at radius 3 is 3.11 bits per heavy atom. The number of hydrogen-bond acceptors (Lipinski definition) is 6. The molecule has 7 nitrogen and oxygen atoms in total. The number of anilines is 1. The summed E-state index contributed by atoms with van der Waals surface area (Å²) in [5, 5.41) is 11.5. The fourth-order valence-electron chi connectivity index (χ4n) is 3.68. The van der Waals surface area contributed by atoms with E-state index in [1.54, 1.807) is 23.1 Å². The third kappa shape index (κ3) is 3.62. The summed E-state index contributed by atoms with van der Waals surface area (Å²) in [6.07, 6.45) is 4.09. The molecule has 8 heteroatoms. The Hall–Kier alpha value is -2.61. The summed E-state index contributed by atoms with van der Waals surface area (Å²) in [4.78, 5) is 19.3. The van der Waals surface area contributed by atoms with E-state index in [-0.39, 0.29) is 5.91 Å². The Labute approximate surface area is 162 Å². The van der Waals surface area contributed by atoms with Crippen molar-refractivity contribution in [1.82, 2.24) is 20.1 Å². The van der Waals surface area contributed by atoms with Gasteiger partial charge in [-0.25, -0.2) is 9.67 Å². The van der Waals surface area contributed by atoms with Crippen LogP contribution in [0.3, 0.4) is 0 Å². The van der Waals surface area contributed by atoms with Crippen LogP contribution in [-0.2, 0) is 7.05 Å².